The number of quaternary nitrogens is 1. The number of likely N-dealkylation sites (tertiary alicyclic amines) is 1. The monoisotopic (exact) mass is 314 g/mol. The number of hydrogen-bond acceptors (Lipinski definition) is 2. The zero-order valence-corrected chi connectivity index (χ0v) is 12.6. The first-order valence-corrected chi connectivity index (χ1v) is 7.28. The number of methoxy groups -OCH3 is 1. The maximum atomic E-state index is 10.2. The highest BCUT2D eigenvalue weighted by atomic mass is 79.9. The Balaban J connectivity index is 2.15. The van der Waals surface area contributed by atoms with E-state index >= 15 is 0 Å². The lowest BCUT2D eigenvalue weighted by Crippen LogP contribution is -3.12. The van der Waals surface area contributed by atoms with E-state index in [0.29, 0.717) is 5.75 Å². The van der Waals surface area contributed by atoms with Crippen molar-refractivity contribution in [2.75, 3.05) is 20.2 Å². The number of benzene rings is 1. The Morgan fingerprint density at radius 2 is 2.28 bits per heavy atom. The molecule has 100 valence electrons. The zero-order chi connectivity index (χ0) is 13.1. The molecule has 18 heavy (non-hydrogen) atoms. The molecule has 0 aromatic heterocycles. The van der Waals surface area contributed by atoms with Gasteiger partial charge in [-0.2, -0.15) is 0 Å². The van der Waals surface area contributed by atoms with Gasteiger partial charge in [0, 0.05) is 10.4 Å². The minimum absolute atomic E-state index is 0.284. The van der Waals surface area contributed by atoms with E-state index in [4.69, 9.17) is 4.74 Å². The van der Waals surface area contributed by atoms with Crippen molar-refractivity contribution in [3.8, 4) is 11.5 Å². The lowest BCUT2D eigenvalue weighted by molar-refractivity contribution is -0.922. The van der Waals surface area contributed by atoms with Crippen molar-refractivity contribution in [1.82, 2.24) is 0 Å². The molecular weight excluding hydrogens is 294 g/mol. The van der Waals surface area contributed by atoms with E-state index in [0.717, 1.165) is 22.5 Å². The van der Waals surface area contributed by atoms with Crippen molar-refractivity contribution in [2.24, 2.45) is 5.92 Å². The van der Waals surface area contributed by atoms with Crippen LogP contribution in [-0.4, -0.2) is 25.3 Å². The van der Waals surface area contributed by atoms with Crippen LogP contribution in [0.25, 0.3) is 0 Å². The molecule has 1 aliphatic rings. The Labute approximate surface area is 117 Å². The van der Waals surface area contributed by atoms with Crippen molar-refractivity contribution >= 4 is 15.9 Å². The average Bonchev–Trinajstić information content (AvgIpc) is 2.33. The molecule has 2 atom stereocenters. The van der Waals surface area contributed by atoms with Gasteiger partial charge in [-0.25, -0.2) is 0 Å². The first kappa shape index (κ1) is 13.7. The minimum atomic E-state index is 0.284. The van der Waals surface area contributed by atoms with Crippen LogP contribution in [0.5, 0.6) is 11.5 Å². The van der Waals surface area contributed by atoms with Crippen LogP contribution in [0.15, 0.2) is 16.6 Å². The lowest BCUT2D eigenvalue weighted by Gasteiger charge is -2.28. The molecule has 1 fully saturated rings. The van der Waals surface area contributed by atoms with E-state index in [1.807, 2.05) is 6.07 Å². The smallest absolute Gasteiger partial charge is 0.166 e. The van der Waals surface area contributed by atoms with Gasteiger partial charge in [-0.3, -0.25) is 0 Å². The van der Waals surface area contributed by atoms with Gasteiger partial charge in [0.05, 0.1) is 25.8 Å². The van der Waals surface area contributed by atoms with Crippen LogP contribution in [0.3, 0.4) is 0 Å². The summed E-state index contributed by atoms with van der Waals surface area (Å²) in [6, 6.07) is 3.79. The molecule has 1 saturated heterocycles. The highest BCUT2D eigenvalue weighted by Crippen LogP contribution is 2.33. The third kappa shape index (κ3) is 3.18. The van der Waals surface area contributed by atoms with Crippen molar-refractivity contribution in [1.29, 1.82) is 0 Å². The lowest BCUT2D eigenvalue weighted by atomic mass is 9.99. The SMILES string of the molecule is COc1cc(Br)cc(C[NH+]2CCC[C@@H](C)C2)c1O. The summed E-state index contributed by atoms with van der Waals surface area (Å²) in [5.74, 6) is 1.61. The fraction of sp³-hybridized carbons (Fsp3) is 0.571. The highest BCUT2D eigenvalue weighted by Gasteiger charge is 2.22. The molecule has 3 nitrogen and oxygen atoms in total. The molecule has 4 heteroatoms. The predicted octanol–water partition coefficient (Wildman–Crippen LogP) is 1.98. The second-order valence-electron chi connectivity index (χ2n) is 5.24. The summed E-state index contributed by atoms with van der Waals surface area (Å²) in [6.45, 7) is 5.55. The van der Waals surface area contributed by atoms with Crippen molar-refractivity contribution in [3.63, 3.8) is 0 Å². The maximum absolute atomic E-state index is 10.2. The summed E-state index contributed by atoms with van der Waals surface area (Å²) in [5, 5.41) is 10.2. The number of rotatable bonds is 3. The van der Waals surface area contributed by atoms with E-state index in [1.54, 1.807) is 18.1 Å². The quantitative estimate of drug-likeness (QED) is 0.894. The molecule has 2 rings (SSSR count). The van der Waals surface area contributed by atoms with Crippen LogP contribution in [0.1, 0.15) is 25.3 Å². The zero-order valence-electron chi connectivity index (χ0n) is 11.0. The molecule has 0 radical (unpaired) electrons. The Kier molecular flexibility index (Phi) is 4.51. The van der Waals surface area contributed by atoms with Crippen molar-refractivity contribution in [3.05, 3.63) is 22.2 Å². The molecule has 1 aromatic carbocycles. The van der Waals surface area contributed by atoms with Crippen LogP contribution in [0.4, 0.5) is 0 Å². The standard InChI is InChI=1S/C14H20BrNO2/c1-10-4-3-5-16(8-10)9-11-6-12(15)7-13(18-2)14(11)17/h6-7,10,17H,3-5,8-9H2,1-2H3/p+1/t10-/m1/s1. The van der Waals surface area contributed by atoms with Gasteiger partial charge in [0.15, 0.2) is 11.5 Å². The molecule has 2 N–H and O–H groups in total. The van der Waals surface area contributed by atoms with Gasteiger partial charge in [0.2, 0.25) is 0 Å². The summed E-state index contributed by atoms with van der Waals surface area (Å²) in [6.07, 6.45) is 2.61. The van der Waals surface area contributed by atoms with Crippen molar-refractivity contribution in [2.45, 2.75) is 26.3 Å². The molecule has 0 amide bonds. The molecular formula is C14H21BrNO2+. The van der Waals surface area contributed by atoms with Gasteiger partial charge in [0.1, 0.15) is 6.54 Å². The van der Waals surface area contributed by atoms with Crippen LogP contribution in [-0.2, 0) is 6.54 Å². The molecule has 1 heterocycles. The number of nitrogens with one attached hydrogen (secondary N) is 1. The van der Waals surface area contributed by atoms with E-state index in [9.17, 15) is 5.11 Å². The van der Waals surface area contributed by atoms with E-state index in [2.05, 4.69) is 22.9 Å². The highest BCUT2D eigenvalue weighted by molar-refractivity contribution is 9.10. The van der Waals surface area contributed by atoms with Gasteiger partial charge >= 0.3 is 0 Å². The number of phenols is 1. The number of aromatic hydroxyl groups is 1. The van der Waals surface area contributed by atoms with Gasteiger partial charge in [-0.1, -0.05) is 22.9 Å². The average molecular weight is 315 g/mol. The first-order chi connectivity index (χ1) is 8.60. The largest absolute Gasteiger partial charge is 0.504 e. The van der Waals surface area contributed by atoms with Gasteiger partial charge < -0.3 is 14.7 Å². The second-order valence-corrected chi connectivity index (χ2v) is 6.16. The van der Waals surface area contributed by atoms with Crippen molar-refractivity contribution < 1.29 is 14.7 Å². The summed E-state index contributed by atoms with van der Waals surface area (Å²) in [7, 11) is 1.58. The Hall–Kier alpha value is -0.740. The summed E-state index contributed by atoms with van der Waals surface area (Å²) in [5.41, 5.74) is 0.963. The molecule has 0 saturated carbocycles. The van der Waals surface area contributed by atoms with E-state index in [-0.39, 0.29) is 5.75 Å². The van der Waals surface area contributed by atoms with E-state index in [1.165, 1.54) is 25.9 Å². The number of piperidine rings is 1. The predicted molar refractivity (Wildman–Crippen MR) is 75.2 cm³/mol. The number of ether oxygens (including phenoxy) is 1. The molecule has 0 aliphatic carbocycles. The topological polar surface area (TPSA) is 33.9 Å². The molecule has 0 bridgehead atoms. The maximum Gasteiger partial charge on any atom is 0.166 e. The third-order valence-corrected chi connectivity index (χ3v) is 4.10. The fourth-order valence-corrected chi connectivity index (χ4v) is 3.23. The normalized spacial score (nSPS) is 23.9. The third-order valence-electron chi connectivity index (χ3n) is 3.64. The first-order valence-electron chi connectivity index (χ1n) is 6.49. The number of hydrogen-bond donors (Lipinski definition) is 2. The Morgan fingerprint density at radius 3 is 2.94 bits per heavy atom. The molecule has 1 unspecified atom stereocenters. The van der Waals surface area contributed by atoms with Crippen LogP contribution >= 0.6 is 15.9 Å². The minimum Gasteiger partial charge on any atom is -0.504 e. The number of halogens is 1. The molecule has 0 spiro atoms. The Morgan fingerprint density at radius 1 is 1.50 bits per heavy atom. The van der Waals surface area contributed by atoms with Crippen LogP contribution < -0.4 is 9.64 Å². The van der Waals surface area contributed by atoms with Crippen LogP contribution in [0, 0.1) is 5.92 Å². The number of phenolic OH excluding ortho intramolecular Hbond substituents is 1. The van der Waals surface area contributed by atoms with E-state index < -0.39 is 0 Å². The summed E-state index contributed by atoms with van der Waals surface area (Å²) in [4.78, 5) is 1.55. The molecule has 1 aliphatic heterocycles. The fourth-order valence-electron chi connectivity index (χ4n) is 2.75. The Bertz CT molecular complexity index is 423. The van der Waals surface area contributed by atoms with Gasteiger partial charge in [-0.05, 0) is 25.0 Å². The van der Waals surface area contributed by atoms with Crippen LogP contribution in [0.2, 0.25) is 0 Å². The molecule has 1 aromatic rings. The summed E-state index contributed by atoms with van der Waals surface area (Å²) < 4.78 is 6.14. The van der Waals surface area contributed by atoms with Gasteiger partial charge in [0.25, 0.3) is 0 Å². The second kappa shape index (κ2) is 5.93. The summed E-state index contributed by atoms with van der Waals surface area (Å²) >= 11 is 3.46. The van der Waals surface area contributed by atoms with Gasteiger partial charge in [-0.15, -0.1) is 0 Å².